The molecule has 0 rings (SSSR count). The van der Waals surface area contributed by atoms with Crippen molar-refractivity contribution in [1.29, 1.82) is 0 Å². The zero-order valence-electron chi connectivity index (χ0n) is 6.68. The fourth-order valence-corrected chi connectivity index (χ4v) is 3.75. The van der Waals surface area contributed by atoms with E-state index < -0.39 is 14.6 Å². The molecular formula is C6H13IO2S. The summed E-state index contributed by atoms with van der Waals surface area (Å²) in [5.41, 5.74) is 0. The molecule has 1 atom stereocenters. The van der Waals surface area contributed by atoms with Gasteiger partial charge in [-0.25, -0.2) is 8.42 Å². The van der Waals surface area contributed by atoms with Crippen LogP contribution in [0.25, 0.3) is 0 Å². The Morgan fingerprint density at radius 2 is 1.60 bits per heavy atom. The van der Waals surface area contributed by atoms with Gasteiger partial charge in [-0.15, -0.1) is 0 Å². The molecular weight excluding hydrogens is 263 g/mol. The van der Waals surface area contributed by atoms with Crippen molar-refractivity contribution >= 4 is 32.4 Å². The van der Waals surface area contributed by atoms with Crippen LogP contribution in [0.3, 0.4) is 0 Å². The van der Waals surface area contributed by atoms with Gasteiger partial charge < -0.3 is 0 Å². The summed E-state index contributed by atoms with van der Waals surface area (Å²) < 4.78 is 21.8. The van der Waals surface area contributed by atoms with Crippen LogP contribution < -0.4 is 0 Å². The maximum Gasteiger partial charge on any atom is 0.166 e. The predicted molar refractivity (Wildman–Crippen MR) is 52.2 cm³/mol. The summed E-state index contributed by atoms with van der Waals surface area (Å²) in [6.45, 7) is 6.85. The molecule has 1 unspecified atom stereocenters. The van der Waals surface area contributed by atoms with Gasteiger partial charge in [0.15, 0.2) is 9.84 Å². The molecule has 0 saturated heterocycles. The second-order valence-corrected chi connectivity index (χ2v) is 8.94. The van der Waals surface area contributed by atoms with Crippen LogP contribution in [0.4, 0.5) is 0 Å². The van der Waals surface area contributed by atoms with Crippen LogP contribution in [-0.2, 0) is 9.84 Å². The topological polar surface area (TPSA) is 34.1 Å². The molecule has 0 bridgehead atoms. The average molecular weight is 276 g/mol. The zero-order valence-corrected chi connectivity index (χ0v) is 9.65. The van der Waals surface area contributed by atoms with E-state index in [1.54, 1.807) is 27.7 Å². The molecule has 0 aromatic carbocycles. The molecule has 0 aromatic rings. The Labute approximate surface area is 76.5 Å². The van der Waals surface area contributed by atoms with Crippen molar-refractivity contribution in [3.63, 3.8) is 0 Å². The standard InChI is InChI=1S/C6H13IO2S/c1-5(7)10(8,9)6(2,3)4/h5H,1-4H3. The van der Waals surface area contributed by atoms with E-state index in [9.17, 15) is 8.42 Å². The van der Waals surface area contributed by atoms with Gasteiger partial charge in [0.1, 0.15) is 3.26 Å². The predicted octanol–water partition coefficient (Wildman–Crippen LogP) is 1.98. The molecule has 10 heavy (non-hydrogen) atoms. The van der Waals surface area contributed by atoms with Crippen molar-refractivity contribution in [3.8, 4) is 0 Å². The Balaban J connectivity index is 4.79. The third-order valence-corrected chi connectivity index (χ3v) is 5.85. The van der Waals surface area contributed by atoms with Gasteiger partial charge in [0.25, 0.3) is 0 Å². The lowest BCUT2D eigenvalue weighted by molar-refractivity contribution is 0.560. The highest BCUT2D eigenvalue weighted by atomic mass is 127. The number of halogens is 1. The van der Waals surface area contributed by atoms with Gasteiger partial charge in [-0.2, -0.15) is 0 Å². The van der Waals surface area contributed by atoms with Crippen molar-refractivity contribution in [2.75, 3.05) is 0 Å². The van der Waals surface area contributed by atoms with Crippen LogP contribution >= 0.6 is 22.6 Å². The van der Waals surface area contributed by atoms with Crippen LogP contribution in [0, 0.1) is 0 Å². The summed E-state index contributed by atoms with van der Waals surface area (Å²) in [6, 6.07) is 0. The summed E-state index contributed by atoms with van der Waals surface area (Å²) in [6.07, 6.45) is 0. The second-order valence-electron chi connectivity index (χ2n) is 3.20. The van der Waals surface area contributed by atoms with E-state index >= 15 is 0 Å². The van der Waals surface area contributed by atoms with E-state index in [0.717, 1.165) is 0 Å². The van der Waals surface area contributed by atoms with Gasteiger partial charge in [-0.3, -0.25) is 0 Å². The lowest BCUT2D eigenvalue weighted by Gasteiger charge is -2.20. The van der Waals surface area contributed by atoms with Crippen molar-refractivity contribution in [2.45, 2.75) is 35.7 Å². The summed E-state index contributed by atoms with van der Waals surface area (Å²) in [5.74, 6) is 0. The molecule has 2 nitrogen and oxygen atoms in total. The zero-order chi connectivity index (χ0) is 8.58. The number of hydrogen-bond donors (Lipinski definition) is 0. The van der Waals surface area contributed by atoms with Gasteiger partial charge in [-0.1, -0.05) is 22.6 Å². The summed E-state index contributed by atoms with van der Waals surface area (Å²) >= 11 is 1.92. The Morgan fingerprint density at radius 3 is 1.60 bits per heavy atom. The van der Waals surface area contributed by atoms with Crippen LogP contribution in [0.1, 0.15) is 27.7 Å². The number of rotatable bonds is 1. The molecule has 0 heterocycles. The molecule has 0 radical (unpaired) electrons. The molecule has 0 fully saturated rings. The van der Waals surface area contributed by atoms with Gasteiger partial charge in [-0.05, 0) is 27.7 Å². The van der Waals surface area contributed by atoms with Crippen molar-refractivity contribution in [2.24, 2.45) is 0 Å². The third kappa shape index (κ3) is 2.08. The first kappa shape index (κ1) is 10.7. The Morgan fingerprint density at radius 1 is 1.30 bits per heavy atom. The molecule has 0 amide bonds. The van der Waals surface area contributed by atoms with E-state index in [1.165, 1.54) is 0 Å². The van der Waals surface area contributed by atoms with Crippen LogP contribution in [0.2, 0.25) is 0 Å². The lowest BCUT2D eigenvalue weighted by Crippen LogP contribution is -2.32. The SMILES string of the molecule is CC(I)S(=O)(=O)C(C)(C)C. The van der Waals surface area contributed by atoms with E-state index in [2.05, 4.69) is 0 Å². The van der Waals surface area contributed by atoms with E-state index in [0.29, 0.717) is 0 Å². The normalized spacial score (nSPS) is 16.9. The van der Waals surface area contributed by atoms with E-state index in [1.807, 2.05) is 22.6 Å². The minimum atomic E-state index is -2.93. The molecule has 0 aromatic heterocycles. The molecule has 0 aliphatic carbocycles. The lowest BCUT2D eigenvalue weighted by atomic mass is 10.3. The fraction of sp³-hybridized carbons (Fsp3) is 1.00. The quantitative estimate of drug-likeness (QED) is 0.542. The maximum absolute atomic E-state index is 11.3. The van der Waals surface area contributed by atoms with Crippen LogP contribution in [0.15, 0.2) is 0 Å². The highest BCUT2D eigenvalue weighted by Gasteiger charge is 2.32. The first-order valence-corrected chi connectivity index (χ1v) is 5.86. The van der Waals surface area contributed by atoms with Crippen molar-refractivity contribution in [1.82, 2.24) is 0 Å². The molecule has 4 heteroatoms. The van der Waals surface area contributed by atoms with Gasteiger partial charge >= 0.3 is 0 Å². The average Bonchev–Trinajstić information content (AvgIpc) is 1.62. The molecule has 0 spiro atoms. The van der Waals surface area contributed by atoms with Crippen LogP contribution in [0.5, 0.6) is 0 Å². The highest BCUT2D eigenvalue weighted by molar-refractivity contribution is 14.1. The fourth-order valence-electron chi connectivity index (χ4n) is 0.487. The minimum absolute atomic E-state index is 0.301. The monoisotopic (exact) mass is 276 g/mol. The third-order valence-electron chi connectivity index (χ3n) is 1.28. The Kier molecular flexibility index (Phi) is 3.17. The maximum atomic E-state index is 11.3. The first-order chi connectivity index (χ1) is 4.19. The number of hydrogen-bond acceptors (Lipinski definition) is 2. The smallest absolute Gasteiger partial charge is 0.166 e. The van der Waals surface area contributed by atoms with Crippen molar-refractivity contribution < 1.29 is 8.42 Å². The largest absolute Gasteiger partial charge is 0.227 e. The number of sulfone groups is 1. The van der Waals surface area contributed by atoms with E-state index in [-0.39, 0.29) is 3.26 Å². The second kappa shape index (κ2) is 2.97. The summed E-state index contributed by atoms with van der Waals surface area (Å²) in [5, 5.41) is 0. The Bertz CT molecular complexity index is 198. The highest BCUT2D eigenvalue weighted by Crippen LogP contribution is 2.23. The summed E-state index contributed by atoms with van der Waals surface area (Å²) in [7, 11) is -2.93. The Hall–Kier alpha value is 0.680. The van der Waals surface area contributed by atoms with Crippen molar-refractivity contribution in [3.05, 3.63) is 0 Å². The van der Waals surface area contributed by atoms with Crippen LogP contribution in [-0.4, -0.2) is 16.4 Å². The van der Waals surface area contributed by atoms with Gasteiger partial charge in [0.2, 0.25) is 0 Å². The molecule has 0 aliphatic rings. The number of alkyl halides is 1. The molecule has 62 valence electrons. The molecule has 0 aliphatic heterocycles. The molecule has 0 N–H and O–H groups in total. The van der Waals surface area contributed by atoms with E-state index in [4.69, 9.17) is 0 Å². The first-order valence-electron chi connectivity index (χ1n) is 3.07. The van der Waals surface area contributed by atoms with Gasteiger partial charge in [0.05, 0.1) is 4.75 Å². The molecule has 0 saturated carbocycles. The minimum Gasteiger partial charge on any atom is -0.227 e. The van der Waals surface area contributed by atoms with Gasteiger partial charge in [0, 0.05) is 0 Å². The summed E-state index contributed by atoms with van der Waals surface area (Å²) in [4.78, 5) is 0.